The van der Waals surface area contributed by atoms with Gasteiger partial charge in [-0.3, -0.25) is 0 Å². The van der Waals surface area contributed by atoms with Crippen LogP contribution in [0.4, 0.5) is 0 Å². The molecule has 1 saturated heterocycles. The summed E-state index contributed by atoms with van der Waals surface area (Å²) in [5, 5.41) is 95.3. The van der Waals surface area contributed by atoms with Gasteiger partial charge < -0.3 is 55.8 Å². The van der Waals surface area contributed by atoms with Gasteiger partial charge in [0, 0.05) is 0 Å². The van der Waals surface area contributed by atoms with Gasteiger partial charge >= 0.3 is 0 Å². The Morgan fingerprint density at radius 3 is 1.87 bits per heavy atom. The van der Waals surface area contributed by atoms with Crippen LogP contribution in [0.5, 0.6) is 0 Å². The lowest BCUT2D eigenvalue weighted by atomic mass is 9.88. The summed E-state index contributed by atoms with van der Waals surface area (Å²) in [6, 6.07) is 0. The molecule has 23 heavy (non-hydrogen) atoms. The quantitative estimate of drug-likeness (QED) is 0.209. The van der Waals surface area contributed by atoms with Crippen LogP contribution >= 0.6 is 0 Å². The topological polar surface area (TPSA) is 212 Å². The molecule has 1 fully saturated rings. The first kappa shape index (κ1) is 18.9. The van der Waals surface area contributed by atoms with Crippen molar-refractivity contribution in [2.75, 3.05) is 13.2 Å². The van der Waals surface area contributed by atoms with Crippen molar-refractivity contribution < 1.29 is 57.2 Å². The van der Waals surface area contributed by atoms with Crippen LogP contribution in [0.15, 0.2) is 0 Å². The van der Waals surface area contributed by atoms with Crippen molar-refractivity contribution in [1.82, 2.24) is 0 Å². The van der Waals surface area contributed by atoms with E-state index in [0.717, 1.165) is 0 Å². The van der Waals surface area contributed by atoms with Crippen LogP contribution in [0.1, 0.15) is 1.37 Å². The minimum absolute atomic E-state index is 0.886. The zero-order valence-corrected chi connectivity index (χ0v) is 12.0. The van der Waals surface area contributed by atoms with Crippen molar-refractivity contribution >= 4 is 0 Å². The fourth-order valence-corrected chi connectivity index (χ4v) is 2.17. The Kier molecular flexibility index (Phi) is 7.06. The summed E-state index contributed by atoms with van der Waals surface area (Å²) >= 11 is 0. The van der Waals surface area contributed by atoms with Crippen LogP contribution in [-0.2, 0) is 4.74 Å². The maximum absolute atomic E-state index is 10.1. The van der Waals surface area contributed by atoms with Crippen LogP contribution in [0.2, 0.25) is 0 Å². The third kappa shape index (κ3) is 4.35. The minimum atomic E-state index is -2.88. The van der Waals surface area contributed by atoms with Gasteiger partial charge in [-0.25, -0.2) is 0 Å². The Bertz CT molecular complexity index is 399. The largest absolute Gasteiger partial charge is 0.394 e. The maximum atomic E-state index is 10.1. The Labute approximate surface area is 132 Å². The molecule has 138 valence electrons. The zero-order valence-electron chi connectivity index (χ0n) is 13.0. The smallest absolute Gasteiger partial charge is 0.115 e. The molecule has 1 unspecified atom stereocenters. The Morgan fingerprint density at radius 2 is 1.39 bits per heavy atom. The SMILES string of the molecule is [2H][C@@]1(C(O)[C@H](O)[C@@H](O)[C@H](O)[C@H](O)CO)O[C@H](CO)[C@@H](O)[C@H](O)[C@H]1O. The van der Waals surface area contributed by atoms with Crippen molar-refractivity contribution in [1.29, 1.82) is 0 Å². The second kappa shape index (κ2) is 8.60. The predicted molar refractivity (Wildman–Crippen MR) is 70.9 cm³/mol. The van der Waals surface area contributed by atoms with Gasteiger partial charge in [0.2, 0.25) is 0 Å². The summed E-state index contributed by atoms with van der Waals surface area (Å²) in [7, 11) is 0. The fraction of sp³-hybridized carbons (Fsp3) is 1.00. The van der Waals surface area contributed by atoms with Crippen LogP contribution in [0, 0.1) is 0 Å². The van der Waals surface area contributed by atoms with E-state index in [-0.39, 0.29) is 0 Å². The Hall–Kier alpha value is -0.440. The van der Waals surface area contributed by atoms with Gasteiger partial charge in [0.1, 0.15) is 61.0 Å². The lowest BCUT2D eigenvalue weighted by Gasteiger charge is -2.43. The summed E-state index contributed by atoms with van der Waals surface area (Å²) in [6.07, 6.45) is -21.5. The highest BCUT2D eigenvalue weighted by atomic mass is 16.6. The second-order valence-electron chi connectivity index (χ2n) is 5.33. The summed E-state index contributed by atoms with van der Waals surface area (Å²) in [5.74, 6) is 0. The van der Waals surface area contributed by atoms with Crippen LogP contribution in [-0.4, -0.2) is 125 Å². The number of rotatable bonds is 7. The molecule has 0 aromatic rings. The molecule has 0 saturated carbocycles. The molecule has 1 rings (SSSR count). The van der Waals surface area contributed by atoms with E-state index in [0.29, 0.717) is 0 Å². The lowest BCUT2D eigenvalue weighted by molar-refractivity contribution is -0.264. The summed E-state index contributed by atoms with van der Waals surface area (Å²) in [4.78, 5) is 0. The van der Waals surface area contributed by atoms with Crippen LogP contribution < -0.4 is 0 Å². The second-order valence-corrected chi connectivity index (χ2v) is 5.33. The molecule has 0 bridgehead atoms. The molecule has 0 spiro atoms. The molecule has 0 amide bonds. The number of ether oxygens (including phenoxy) is 1. The zero-order chi connectivity index (χ0) is 18.8. The Balaban J connectivity index is 2.99. The number of hydrogen-bond donors (Lipinski definition) is 10. The first-order chi connectivity index (χ1) is 11.0. The monoisotopic (exact) mass is 345 g/mol. The summed E-state index contributed by atoms with van der Waals surface area (Å²) in [5.41, 5.74) is 0. The highest BCUT2D eigenvalue weighted by Crippen LogP contribution is 2.25. The van der Waals surface area contributed by atoms with E-state index < -0.39 is 74.2 Å². The van der Waals surface area contributed by atoms with Crippen molar-refractivity contribution in [3.8, 4) is 0 Å². The average molecular weight is 345 g/mol. The third-order valence-corrected chi connectivity index (χ3v) is 3.71. The van der Waals surface area contributed by atoms with Gasteiger partial charge in [-0.1, -0.05) is 0 Å². The third-order valence-electron chi connectivity index (χ3n) is 3.71. The van der Waals surface area contributed by atoms with E-state index in [1.807, 2.05) is 0 Å². The van der Waals surface area contributed by atoms with Gasteiger partial charge in [-0.05, 0) is 0 Å². The molecule has 0 aromatic heterocycles. The van der Waals surface area contributed by atoms with Gasteiger partial charge in [-0.15, -0.1) is 0 Å². The molecule has 1 heterocycles. The standard InChI is InChI=1S/C12H24O11/c13-1-3(15)5(16)7(18)9(20)11(22)12-10(21)8(19)6(17)4(2-14)23-12/h3-22H,1-2H2/t3-,4-,5-,6-,7+,8+,9-,10-,11?,12-/m1/s1/i12D. The van der Waals surface area contributed by atoms with Gasteiger partial charge in [0.05, 0.1) is 14.6 Å². The molecule has 0 aliphatic carbocycles. The summed E-state index contributed by atoms with van der Waals surface area (Å²) in [6.45, 7) is -1.85. The van der Waals surface area contributed by atoms with E-state index in [9.17, 15) is 40.9 Å². The van der Waals surface area contributed by atoms with Crippen molar-refractivity contribution in [2.24, 2.45) is 0 Å². The predicted octanol–water partition coefficient (Wildman–Crippen LogP) is -6.37. The van der Waals surface area contributed by atoms with E-state index in [1.165, 1.54) is 0 Å². The van der Waals surface area contributed by atoms with Gasteiger partial charge in [0.25, 0.3) is 0 Å². The molecule has 1 aliphatic rings. The normalized spacial score (nSPS) is 42.4. The van der Waals surface area contributed by atoms with Crippen molar-refractivity contribution in [2.45, 2.75) is 61.0 Å². The minimum Gasteiger partial charge on any atom is -0.394 e. The summed E-state index contributed by atoms with van der Waals surface area (Å²) < 4.78 is 12.8. The number of hydrogen-bond acceptors (Lipinski definition) is 11. The average Bonchev–Trinajstić information content (AvgIpc) is 2.59. The van der Waals surface area contributed by atoms with Crippen LogP contribution in [0.3, 0.4) is 0 Å². The van der Waals surface area contributed by atoms with Crippen LogP contribution in [0.25, 0.3) is 0 Å². The molecule has 10 atom stereocenters. The lowest BCUT2D eigenvalue weighted by Crippen LogP contribution is -2.64. The highest BCUT2D eigenvalue weighted by molar-refractivity contribution is 4.98. The molecule has 0 radical (unpaired) electrons. The molecule has 11 heteroatoms. The van der Waals surface area contributed by atoms with Crippen molar-refractivity contribution in [3.05, 3.63) is 0 Å². The Morgan fingerprint density at radius 1 is 0.826 bits per heavy atom. The number of aliphatic hydroxyl groups is 10. The first-order valence-corrected chi connectivity index (χ1v) is 6.87. The van der Waals surface area contributed by atoms with Gasteiger partial charge in [-0.2, -0.15) is 0 Å². The first-order valence-electron chi connectivity index (χ1n) is 7.37. The molecular formula is C12H24O11. The maximum Gasteiger partial charge on any atom is 0.115 e. The number of aliphatic hydroxyl groups excluding tert-OH is 10. The van der Waals surface area contributed by atoms with Crippen molar-refractivity contribution in [3.63, 3.8) is 0 Å². The fourth-order valence-electron chi connectivity index (χ4n) is 2.17. The molecular weight excluding hydrogens is 320 g/mol. The van der Waals surface area contributed by atoms with E-state index in [1.54, 1.807) is 0 Å². The molecule has 10 N–H and O–H groups in total. The van der Waals surface area contributed by atoms with Gasteiger partial charge in [0.15, 0.2) is 0 Å². The highest BCUT2D eigenvalue weighted by Gasteiger charge is 2.49. The van der Waals surface area contributed by atoms with E-state index >= 15 is 0 Å². The molecule has 0 aromatic carbocycles. The van der Waals surface area contributed by atoms with E-state index in [2.05, 4.69) is 0 Å². The van der Waals surface area contributed by atoms with E-state index in [4.69, 9.17) is 16.3 Å². The molecule has 11 nitrogen and oxygen atoms in total. The molecule has 1 aliphatic heterocycles.